The zero-order valence-electron chi connectivity index (χ0n) is 21.7. The number of nitrogens with one attached hydrogen (secondary N) is 2. The van der Waals surface area contributed by atoms with Crippen LogP contribution in [0.3, 0.4) is 0 Å². The summed E-state index contributed by atoms with van der Waals surface area (Å²) >= 11 is 0. The third kappa shape index (κ3) is 5.80. The average Bonchev–Trinajstić information content (AvgIpc) is 3.63. The number of carbonyl (C=O) groups is 1. The summed E-state index contributed by atoms with van der Waals surface area (Å²) in [6, 6.07) is 13.7. The molecule has 2 N–H and O–H groups in total. The lowest BCUT2D eigenvalue weighted by molar-refractivity contribution is 0.0950. The number of aromatic nitrogens is 3. The summed E-state index contributed by atoms with van der Waals surface area (Å²) in [5, 5.41) is 11.2. The Morgan fingerprint density at radius 3 is 2.69 bits per heavy atom. The molecule has 6 rings (SSSR count). The summed E-state index contributed by atoms with van der Waals surface area (Å²) in [5.41, 5.74) is 4.48. The number of anilines is 1. The predicted octanol–water partition coefficient (Wildman–Crippen LogP) is 5.10. The first-order chi connectivity index (χ1) is 18.9. The fourth-order valence-electron chi connectivity index (χ4n) is 4.84. The van der Waals surface area contributed by atoms with Crippen LogP contribution in [0.2, 0.25) is 0 Å². The van der Waals surface area contributed by atoms with Gasteiger partial charge in [-0.1, -0.05) is 12.1 Å². The Morgan fingerprint density at radius 1 is 1.13 bits per heavy atom. The van der Waals surface area contributed by atoms with Crippen LogP contribution in [-0.4, -0.2) is 48.8 Å². The maximum absolute atomic E-state index is 13.8. The Balaban J connectivity index is 1.34. The molecule has 202 valence electrons. The minimum absolute atomic E-state index is 0.0540. The van der Waals surface area contributed by atoms with Gasteiger partial charge in [-0.2, -0.15) is 0 Å². The topological polar surface area (TPSA) is 97.6 Å². The van der Waals surface area contributed by atoms with E-state index in [4.69, 9.17) is 4.74 Å². The highest BCUT2D eigenvalue weighted by molar-refractivity contribution is 7.85. The summed E-state index contributed by atoms with van der Waals surface area (Å²) in [5.74, 6) is 2.05. The highest BCUT2D eigenvalue weighted by Crippen LogP contribution is 2.31. The van der Waals surface area contributed by atoms with E-state index >= 15 is 0 Å². The molecule has 1 amide bonds. The van der Waals surface area contributed by atoms with Crippen LogP contribution in [0.5, 0.6) is 11.6 Å². The zero-order valence-corrected chi connectivity index (χ0v) is 22.5. The SMILES string of the molecule is Cc1cc(-c2cnc3c(NCC4CCS(=O)CC4)cc(Oc4cccc(F)c4)nn23)ccc1C(=O)NC1CC1. The summed E-state index contributed by atoms with van der Waals surface area (Å²) in [6.07, 6.45) is 5.64. The van der Waals surface area contributed by atoms with Gasteiger partial charge in [0.2, 0.25) is 5.88 Å². The van der Waals surface area contributed by atoms with Gasteiger partial charge in [0, 0.05) is 58.2 Å². The minimum atomic E-state index is -0.714. The highest BCUT2D eigenvalue weighted by atomic mass is 32.2. The Kier molecular flexibility index (Phi) is 7.03. The van der Waals surface area contributed by atoms with E-state index in [1.54, 1.807) is 28.9 Å². The first-order valence-corrected chi connectivity index (χ1v) is 14.7. The second-order valence-electron chi connectivity index (χ2n) is 10.3. The lowest BCUT2D eigenvalue weighted by Gasteiger charge is -2.22. The number of ether oxygens (including phenoxy) is 1. The number of imidazole rings is 1. The van der Waals surface area contributed by atoms with Crippen LogP contribution < -0.4 is 15.4 Å². The highest BCUT2D eigenvalue weighted by Gasteiger charge is 2.25. The molecule has 0 radical (unpaired) electrons. The van der Waals surface area contributed by atoms with Crippen LogP contribution in [0.1, 0.15) is 41.6 Å². The van der Waals surface area contributed by atoms with Crippen molar-refractivity contribution >= 4 is 28.0 Å². The number of nitrogens with zero attached hydrogens (tertiary/aromatic N) is 3. The molecule has 1 aliphatic heterocycles. The van der Waals surface area contributed by atoms with Gasteiger partial charge >= 0.3 is 0 Å². The first-order valence-electron chi connectivity index (χ1n) is 13.3. The summed E-state index contributed by atoms with van der Waals surface area (Å²) in [6.45, 7) is 2.63. The van der Waals surface area contributed by atoms with Gasteiger partial charge < -0.3 is 15.4 Å². The van der Waals surface area contributed by atoms with Gasteiger partial charge in [0.15, 0.2) is 5.65 Å². The van der Waals surface area contributed by atoms with E-state index in [1.165, 1.54) is 12.1 Å². The van der Waals surface area contributed by atoms with Crippen LogP contribution in [-0.2, 0) is 10.8 Å². The molecule has 10 heteroatoms. The molecule has 2 fully saturated rings. The van der Waals surface area contributed by atoms with Gasteiger partial charge in [-0.25, -0.2) is 13.9 Å². The lowest BCUT2D eigenvalue weighted by Crippen LogP contribution is -2.26. The van der Waals surface area contributed by atoms with Gasteiger partial charge in [0.05, 0.1) is 17.6 Å². The number of benzene rings is 2. The van der Waals surface area contributed by atoms with Gasteiger partial charge in [0.25, 0.3) is 5.91 Å². The van der Waals surface area contributed by atoms with Crippen LogP contribution in [0.15, 0.2) is 54.7 Å². The molecule has 3 heterocycles. The largest absolute Gasteiger partial charge is 0.437 e. The smallest absolute Gasteiger partial charge is 0.251 e. The monoisotopic (exact) mass is 547 g/mol. The fourth-order valence-corrected chi connectivity index (χ4v) is 6.24. The summed E-state index contributed by atoms with van der Waals surface area (Å²) in [7, 11) is -0.714. The Bertz CT molecular complexity index is 1560. The molecule has 4 aromatic rings. The number of halogens is 1. The number of hydrogen-bond donors (Lipinski definition) is 2. The average molecular weight is 548 g/mol. The quantitative estimate of drug-likeness (QED) is 0.319. The predicted molar refractivity (Wildman–Crippen MR) is 149 cm³/mol. The number of amides is 1. The van der Waals surface area contributed by atoms with Gasteiger partial charge in [0.1, 0.15) is 11.6 Å². The number of rotatable bonds is 8. The van der Waals surface area contributed by atoms with Gasteiger partial charge in [-0.05, 0) is 68.4 Å². The Morgan fingerprint density at radius 2 is 1.95 bits per heavy atom. The van der Waals surface area contributed by atoms with Crippen molar-refractivity contribution in [3.63, 3.8) is 0 Å². The Hall–Kier alpha value is -3.79. The van der Waals surface area contributed by atoms with E-state index in [9.17, 15) is 13.4 Å². The molecular formula is C29H30FN5O3S. The molecule has 1 aliphatic carbocycles. The molecular weight excluding hydrogens is 517 g/mol. The molecule has 0 unspecified atom stereocenters. The van der Waals surface area contributed by atoms with E-state index in [0.717, 1.165) is 59.7 Å². The van der Waals surface area contributed by atoms with E-state index in [-0.39, 0.29) is 17.8 Å². The van der Waals surface area contributed by atoms with Crippen molar-refractivity contribution in [2.24, 2.45) is 5.92 Å². The number of fused-ring (bicyclic) bond motifs is 1. The molecule has 0 spiro atoms. The van der Waals surface area contributed by atoms with Crippen molar-refractivity contribution in [2.75, 3.05) is 23.4 Å². The van der Waals surface area contributed by atoms with Crippen molar-refractivity contribution in [3.05, 3.63) is 71.7 Å². The van der Waals surface area contributed by atoms with Crippen molar-refractivity contribution in [3.8, 4) is 22.9 Å². The molecule has 1 saturated carbocycles. The first kappa shape index (κ1) is 25.5. The van der Waals surface area contributed by atoms with Crippen LogP contribution in [0.4, 0.5) is 10.1 Å². The maximum Gasteiger partial charge on any atom is 0.251 e. The molecule has 2 aliphatic rings. The van der Waals surface area contributed by atoms with E-state index < -0.39 is 16.6 Å². The van der Waals surface area contributed by atoms with Crippen LogP contribution >= 0.6 is 0 Å². The van der Waals surface area contributed by atoms with Crippen LogP contribution in [0, 0.1) is 18.7 Å². The summed E-state index contributed by atoms with van der Waals surface area (Å²) in [4.78, 5) is 17.3. The molecule has 0 atom stereocenters. The molecule has 2 aromatic carbocycles. The molecule has 2 aromatic heterocycles. The summed E-state index contributed by atoms with van der Waals surface area (Å²) < 4.78 is 33.3. The van der Waals surface area contributed by atoms with E-state index in [2.05, 4.69) is 20.7 Å². The number of carbonyl (C=O) groups excluding carboxylic acids is 1. The second kappa shape index (κ2) is 10.8. The number of aryl methyl sites for hydroxylation is 1. The third-order valence-corrected chi connectivity index (χ3v) is 8.61. The third-order valence-electron chi connectivity index (χ3n) is 7.23. The molecule has 1 saturated heterocycles. The van der Waals surface area contributed by atoms with Crippen molar-refractivity contribution in [2.45, 2.75) is 38.6 Å². The lowest BCUT2D eigenvalue weighted by atomic mass is 10.0. The van der Waals surface area contributed by atoms with Crippen molar-refractivity contribution in [1.29, 1.82) is 0 Å². The van der Waals surface area contributed by atoms with Crippen molar-refractivity contribution in [1.82, 2.24) is 19.9 Å². The zero-order chi connectivity index (χ0) is 26.9. The van der Waals surface area contributed by atoms with Gasteiger partial charge in [-0.15, -0.1) is 5.10 Å². The fraction of sp³-hybridized carbons (Fsp3) is 0.345. The Labute approximate surface area is 228 Å². The second-order valence-corrected chi connectivity index (χ2v) is 12.0. The maximum atomic E-state index is 13.8. The normalized spacial score (nSPS) is 19.1. The van der Waals surface area contributed by atoms with Crippen LogP contribution in [0.25, 0.3) is 16.9 Å². The van der Waals surface area contributed by atoms with E-state index in [1.807, 2.05) is 25.1 Å². The number of hydrogen-bond acceptors (Lipinski definition) is 6. The minimum Gasteiger partial charge on any atom is -0.437 e. The molecule has 39 heavy (non-hydrogen) atoms. The van der Waals surface area contributed by atoms with E-state index in [0.29, 0.717) is 29.4 Å². The van der Waals surface area contributed by atoms with Gasteiger partial charge in [-0.3, -0.25) is 9.00 Å². The molecule has 0 bridgehead atoms. The molecule has 8 nitrogen and oxygen atoms in total. The van der Waals surface area contributed by atoms with Crippen molar-refractivity contribution < 1.29 is 18.1 Å². The standard InChI is InChI=1S/C29H30FN5O3S/c1-18-13-20(5-8-24(18)29(36)33-22-6-7-22)26-17-32-28-25(31-16-19-9-11-39(37)12-10-19)15-27(34-35(26)28)38-23-4-2-3-21(30)14-23/h2-5,8,13-15,17,19,22,31H,6-7,9-12,16H2,1H3,(H,33,36).